The summed E-state index contributed by atoms with van der Waals surface area (Å²) in [6, 6.07) is -12.3. The molecule has 0 aromatic rings. The van der Waals surface area contributed by atoms with Gasteiger partial charge in [0.25, 0.3) is 0 Å². The molecule has 0 aromatic carbocycles. The highest BCUT2D eigenvalue weighted by molar-refractivity contribution is 5.99. The van der Waals surface area contributed by atoms with Crippen LogP contribution in [-0.4, -0.2) is 227 Å². The average Bonchev–Trinajstić information content (AvgIpc) is 3.55. The van der Waals surface area contributed by atoms with E-state index in [1.54, 1.807) is 46.8 Å². The Morgan fingerprint density at radius 2 is 0.812 bits per heavy atom. The molecule has 5 N–H and O–H groups in total. The minimum Gasteiger partial charge on any atom is -0.390 e. The van der Waals surface area contributed by atoms with Crippen molar-refractivity contribution in [3.05, 3.63) is 12.2 Å². The van der Waals surface area contributed by atoms with Gasteiger partial charge in [-0.1, -0.05) is 109 Å². The number of allylic oxidation sites excluding steroid dienone is 1. The predicted octanol–water partition coefficient (Wildman–Crippen LogP) is 3.27. The van der Waals surface area contributed by atoms with E-state index in [1.165, 1.54) is 87.7 Å². The van der Waals surface area contributed by atoms with Crippen LogP contribution in [-0.2, 0) is 52.7 Å². The van der Waals surface area contributed by atoms with Gasteiger partial charge in [0.1, 0.15) is 60.4 Å². The van der Waals surface area contributed by atoms with Gasteiger partial charge in [-0.15, -0.1) is 0 Å². The van der Waals surface area contributed by atoms with Crippen molar-refractivity contribution < 1.29 is 57.8 Å². The Morgan fingerprint density at radius 1 is 0.447 bits per heavy atom. The molecule has 23 nitrogen and oxygen atoms in total. The molecule has 85 heavy (non-hydrogen) atoms. The van der Waals surface area contributed by atoms with E-state index in [0.717, 1.165) is 9.80 Å². The minimum atomic E-state index is -1.62. The highest BCUT2D eigenvalue weighted by Gasteiger charge is 2.45. The standard InChI is InChI=1S/C62H111N11O12/c1-25-27-40(15)52(75)51-56(79)65-43(26-2)58(81)67(18)33-49(74)68(19)44(28-34(3)4)55(78)66-50(39(13)14)62(85)69(20)45(29-35(5)6)54(77)63-41(16)53(76)64-42(17)57(80)70(21)46(30-36(7)8)59(82)71(22)47(31-37(9)10)60(83)72(23)48(32-38(11)12)61(84)73(51)24/h25,27,34-48,50-52,75H,26,28-33H2,1-24H3,(H,63,77)(H,64,76)(H,65,79)(H,66,78). The van der Waals surface area contributed by atoms with Crippen molar-refractivity contribution in [2.24, 2.45) is 41.4 Å². The van der Waals surface area contributed by atoms with Crippen molar-refractivity contribution >= 4 is 65.0 Å². The zero-order valence-electron chi connectivity index (χ0n) is 56.1. The minimum absolute atomic E-state index is 0.0205. The zero-order valence-corrected chi connectivity index (χ0v) is 56.1. The summed E-state index contributed by atoms with van der Waals surface area (Å²) >= 11 is 0. The van der Waals surface area contributed by atoms with Crippen LogP contribution in [0.25, 0.3) is 0 Å². The Bertz CT molecular complexity index is 2330. The second-order valence-corrected chi connectivity index (χ2v) is 26.2. The molecular formula is C62H111N11O12. The highest BCUT2D eigenvalue weighted by Crippen LogP contribution is 2.25. The molecule has 0 aliphatic carbocycles. The summed E-state index contributed by atoms with van der Waals surface area (Å²) in [4.78, 5) is 169. The summed E-state index contributed by atoms with van der Waals surface area (Å²) in [6.07, 6.45) is 2.55. The van der Waals surface area contributed by atoms with Crippen LogP contribution < -0.4 is 21.3 Å². The number of carbonyl (C=O) groups excluding carboxylic acids is 11. The van der Waals surface area contributed by atoms with Gasteiger partial charge in [-0.05, 0) is 94.8 Å². The molecule has 486 valence electrons. The summed E-state index contributed by atoms with van der Waals surface area (Å²) in [5, 5.41) is 23.0. The Balaban J connectivity index is 4.33. The van der Waals surface area contributed by atoms with Crippen LogP contribution in [0.2, 0.25) is 0 Å². The Morgan fingerprint density at radius 3 is 1.21 bits per heavy atom. The molecule has 1 rings (SSSR count). The lowest BCUT2D eigenvalue weighted by molar-refractivity contribution is -0.156. The van der Waals surface area contributed by atoms with Crippen molar-refractivity contribution in [3.8, 4) is 0 Å². The van der Waals surface area contributed by atoms with E-state index in [9.17, 15) is 48.3 Å². The van der Waals surface area contributed by atoms with Gasteiger partial charge in [-0.3, -0.25) is 52.7 Å². The number of hydrogen-bond acceptors (Lipinski definition) is 12. The molecule has 11 amide bonds. The Hall–Kier alpha value is -6.13. The van der Waals surface area contributed by atoms with E-state index in [0.29, 0.717) is 0 Å². The summed E-state index contributed by atoms with van der Waals surface area (Å²) in [7, 11) is 9.93. The fourth-order valence-electron chi connectivity index (χ4n) is 10.6. The van der Waals surface area contributed by atoms with E-state index >= 15 is 9.59 Å². The van der Waals surface area contributed by atoms with Crippen LogP contribution in [0.5, 0.6) is 0 Å². The van der Waals surface area contributed by atoms with Crippen LogP contribution in [0.1, 0.15) is 156 Å². The molecule has 0 spiro atoms. The van der Waals surface area contributed by atoms with Crippen molar-refractivity contribution in [2.75, 3.05) is 55.9 Å². The second kappa shape index (κ2) is 34.9. The van der Waals surface area contributed by atoms with Gasteiger partial charge >= 0.3 is 0 Å². The van der Waals surface area contributed by atoms with Gasteiger partial charge in [-0.2, -0.15) is 0 Å². The van der Waals surface area contributed by atoms with E-state index in [4.69, 9.17) is 0 Å². The summed E-state index contributed by atoms with van der Waals surface area (Å²) in [5.41, 5.74) is 0. The third kappa shape index (κ3) is 22.0. The largest absolute Gasteiger partial charge is 0.390 e. The SMILES string of the molecule is CC=CC(C)C(O)C1C(=O)NC(CC)C(=O)N(C)CC(=O)N(C)C(CC(C)C)C(=O)NC(C(C)C)C(=O)N(C)C(CC(C)C)C(=O)NC(C)C(=O)NC(C)C(=O)N(C)C(CC(C)C)C(=O)N(C)C(CC(C)C)C(=O)N(C)C(CC(C)C)C(=O)N1C. The maximum absolute atomic E-state index is 15.2. The normalized spacial score (nSPS) is 26.9. The lowest BCUT2D eigenvalue weighted by Crippen LogP contribution is -2.63. The third-order valence-electron chi connectivity index (χ3n) is 15.9. The quantitative estimate of drug-likeness (QED) is 0.148. The van der Waals surface area contributed by atoms with Gasteiger partial charge in [-0.25, -0.2) is 0 Å². The Labute approximate surface area is 508 Å². The lowest BCUT2D eigenvalue weighted by atomic mass is 9.93. The third-order valence-corrected chi connectivity index (χ3v) is 15.9. The number of carbonyl (C=O) groups is 11. The molecule has 12 unspecified atom stereocenters. The molecule has 1 aliphatic heterocycles. The van der Waals surface area contributed by atoms with E-state index in [1.807, 2.05) is 69.2 Å². The summed E-state index contributed by atoms with van der Waals surface area (Å²) in [6.45, 7) is 29.5. The van der Waals surface area contributed by atoms with Crippen LogP contribution in [0.3, 0.4) is 0 Å². The van der Waals surface area contributed by atoms with Crippen molar-refractivity contribution in [2.45, 2.75) is 223 Å². The molecule has 0 bridgehead atoms. The molecule has 1 saturated heterocycles. The molecule has 23 heteroatoms. The molecule has 1 fully saturated rings. The maximum atomic E-state index is 15.2. The molecular weight excluding hydrogens is 1090 g/mol. The lowest BCUT2D eigenvalue weighted by Gasteiger charge is -2.41. The maximum Gasteiger partial charge on any atom is 0.246 e. The van der Waals surface area contributed by atoms with E-state index in [-0.39, 0.29) is 68.1 Å². The molecule has 0 saturated carbocycles. The summed E-state index contributed by atoms with van der Waals surface area (Å²) < 4.78 is 0. The van der Waals surface area contributed by atoms with Crippen LogP contribution in [0.4, 0.5) is 0 Å². The average molecular weight is 1200 g/mol. The van der Waals surface area contributed by atoms with Crippen LogP contribution in [0, 0.1) is 41.4 Å². The molecule has 12 atom stereocenters. The first-order valence-electron chi connectivity index (χ1n) is 30.6. The van der Waals surface area contributed by atoms with Gasteiger partial charge in [0, 0.05) is 55.3 Å². The molecule has 0 aromatic heterocycles. The van der Waals surface area contributed by atoms with Crippen molar-refractivity contribution in [1.29, 1.82) is 0 Å². The van der Waals surface area contributed by atoms with E-state index < -0.39 is 150 Å². The second-order valence-electron chi connectivity index (χ2n) is 26.2. The number of hydrogen-bond donors (Lipinski definition) is 5. The van der Waals surface area contributed by atoms with Gasteiger partial charge in [0.2, 0.25) is 65.0 Å². The number of amides is 11. The first-order valence-corrected chi connectivity index (χ1v) is 30.6. The van der Waals surface area contributed by atoms with Crippen LogP contribution in [0.15, 0.2) is 12.2 Å². The fourth-order valence-corrected chi connectivity index (χ4v) is 10.6. The number of aliphatic hydroxyl groups excluding tert-OH is 1. The number of nitrogens with one attached hydrogen (secondary N) is 4. The molecule has 1 heterocycles. The predicted molar refractivity (Wildman–Crippen MR) is 328 cm³/mol. The summed E-state index contributed by atoms with van der Waals surface area (Å²) in [5.74, 6) is -9.41. The van der Waals surface area contributed by atoms with E-state index in [2.05, 4.69) is 21.3 Å². The highest BCUT2D eigenvalue weighted by atomic mass is 16.3. The smallest absolute Gasteiger partial charge is 0.246 e. The van der Waals surface area contributed by atoms with Crippen molar-refractivity contribution in [1.82, 2.24) is 55.6 Å². The number of nitrogens with zero attached hydrogens (tertiary/aromatic N) is 7. The fraction of sp³-hybridized carbons (Fsp3) is 0.790. The van der Waals surface area contributed by atoms with Gasteiger partial charge in [0.15, 0.2) is 0 Å². The van der Waals surface area contributed by atoms with Gasteiger partial charge < -0.3 is 60.7 Å². The molecule has 0 radical (unpaired) electrons. The topological polar surface area (TPSA) is 279 Å². The first-order chi connectivity index (χ1) is 39.2. The van der Waals surface area contributed by atoms with Crippen molar-refractivity contribution in [3.63, 3.8) is 0 Å². The Kier molecular flexibility index (Phi) is 31.5. The van der Waals surface area contributed by atoms with Crippen LogP contribution >= 0.6 is 0 Å². The zero-order chi connectivity index (χ0) is 66.0. The monoisotopic (exact) mass is 1200 g/mol. The number of aliphatic hydroxyl groups is 1. The number of likely N-dealkylation sites (N-methyl/N-ethyl adjacent to an activating group) is 7. The number of rotatable bonds is 15. The molecule has 1 aliphatic rings. The first kappa shape index (κ1) is 76.9. The van der Waals surface area contributed by atoms with Gasteiger partial charge in [0.05, 0.1) is 12.6 Å².